The van der Waals surface area contributed by atoms with Gasteiger partial charge in [0, 0.05) is 23.6 Å². The van der Waals surface area contributed by atoms with Crippen molar-refractivity contribution >= 4 is 12.4 Å². The minimum absolute atomic E-state index is 0. The van der Waals surface area contributed by atoms with Crippen molar-refractivity contribution in [3.63, 3.8) is 0 Å². The third kappa shape index (κ3) is 8.74. The molecule has 2 atom stereocenters. The van der Waals surface area contributed by atoms with E-state index in [9.17, 15) is 10.2 Å². The molecule has 2 aromatic carbocycles. The summed E-state index contributed by atoms with van der Waals surface area (Å²) in [6.07, 6.45) is 7.77. The van der Waals surface area contributed by atoms with Gasteiger partial charge < -0.3 is 10.2 Å². The van der Waals surface area contributed by atoms with Crippen LogP contribution in [0.25, 0.3) is 0 Å². The van der Waals surface area contributed by atoms with Crippen molar-refractivity contribution in [1.82, 2.24) is 0 Å². The SMILES string of the molecule is CC(C)(C)c1cc(C=N[C@@H]2CCCC[C@H]2N=Cc2cc(C(C)(C)C)cc(C(C)(C)C)c2O)c([O-])c(C(C)(C)C)c1.[Li+]. The van der Waals surface area contributed by atoms with E-state index in [-0.39, 0.29) is 58.4 Å². The van der Waals surface area contributed by atoms with Crippen molar-refractivity contribution in [2.75, 3.05) is 0 Å². The van der Waals surface area contributed by atoms with Gasteiger partial charge in [-0.3, -0.25) is 9.98 Å². The van der Waals surface area contributed by atoms with Gasteiger partial charge in [0.15, 0.2) is 0 Å². The smallest absolute Gasteiger partial charge is 0.872 e. The van der Waals surface area contributed by atoms with Gasteiger partial charge in [0.2, 0.25) is 0 Å². The maximum absolute atomic E-state index is 13.5. The fourth-order valence-corrected chi connectivity index (χ4v) is 5.29. The first kappa shape index (κ1) is 35.2. The molecule has 0 aliphatic heterocycles. The van der Waals surface area contributed by atoms with E-state index in [0.717, 1.165) is 47.9 Å². The summed E-state index contributed by atoms with van der Waals surface area (Å²) >= 11 is 0. The number of aliphatic imine (C=N–C) groups is 2. The summed E-state index contributed by atoms with van der Waals surface area (Å²) in [4.78, 5) is 10.0. The Labute approximate surface area is 262 Å². The molecule has 41 heavy (non-hydrogen) atoms. The summed E-state index contributed by atoms with van der Waals surface area (Å²) in [5.74, 6) is 0.378. The average Bonchev–Trinajstić information content (AvgIpc) is 2.80. The third-order valence-electron chi connectivity index (χ3n) is 8.11. The zero-order chi connectivity index (χ0) is 30.3. The van der Waals surface area contributed by atoms with Gasteiger partial charge in [-0.2, -0.15) is 0 Å². The Morgan fingerprint density at radius 1 is 0.634 bits per heavy atom. The minimum atomic E-state index is -0.242. The summed E-state index contributed by atoms with van der Waals surface area (Å²) in [5.41, 5.74) is 5.01. The molecule has 1 aliphatic rings. The molecule has 220 valence electrons. The first-order valence-electron chi connectivity index (χ1n) is 15.0. The molecule has 0 spiro atoms. The standard InChI is InChI=1S/C36H54N2O2.Li/c1-33(2,3)25-17-23(31(39)27(19-25)35(7,8)9)21-37-29-15-13-14-16-30(29)38-22-24-18-26(34(4,5)6)20-28(32(24)40)36(10,11)12;/h17-22,29-30,39-40H,13-16H2,1-12H3;/q;+1/p-1/t29-,30-;/m1./s1. The Balaban J connectivity index is 0.00000588. The van der Waals surface area contributed by atoms with Gasteiger partial charge in [0.05, 0.1) is 12.1 Å². The molecular formula is C36H53LiN2O2. The molecule has 1 saturated carbocycles. The van der Waals surface area contributed by atoms with Gasteiger partial charge in [0.1, 0.15) is 5.75 Å². The number of hydrogen-bond acceptors (Lipinski definition) is 4. The Morgan fingerprint density at radius 3 is 1.44 bits per heavy atom. The summed E-state index contributed by atoms with van der Waals surface area (Å²) in [5, 5.41) is 24.7. The zero-order valence-electron chi connectivity index (χ0n) is 28.2. The maximum Gasteiger partial charge on any atom is 1.00 e. The van der Waals surface area contributed by atoms with Gasteiger partial charge in [-0.25, -0.2) is 0 Å². The normalized spacial score (nSPS) is 19.1. The molecule has 0 heterocycles. The Morgan fingerprint density at radius 2 is 1.02 bits per heavy atom. The van der Waals surface area contributed by atoms with Crippen LogP contribution in [0.5, 0.6) is 11.5 Å². The van der Waals surface area contributed by atoms with Crippen LogP contribution in [0.15, 0.2) is 34.3 Å². The number of aromatic hydroxyl groups is 1. The Bertz CT molecular complexity index is 1170. The van der Waals surface area contributed by atoms with E-state index in [1.54, 1.807) is 6.21 Å². The quantitative estimate of drug-likeness (QED) is 0.402. The van der Waals surface area contributed by atoms with Crippen LogP contribution in [0.1, 0.15) is 142 Å². The maximum atomic E-state index is 13.5. The number of benzene rings is 2. The first-order valence-corrected chi connectivity index (χ1v) is 15.0. The van der Waals surface area contributed by atoms with Crippen molar-refractivity contribution in [1.29, 1.82) is 0 Å². The molecule has 1 N–H and O–H groups in total. The molecule has 0 saturated heterocycles. The fraction of sp³-hybridized carbons (Fsp3) is 0.611. The molecule has 0 aromatic heterocycles. The number of nitrogens with zero attached hydrogens (tertiary/aromatic N) is 2. The molecule has 0 bridgehead atoms. The first-order chi connectivity index (χ1) is 18.2. The van der Waals surface area contributed by atoms with Crippen LogP contribution in [0.4, 0.5) is 0 Å². The van der Waals surface area contributed by atoms with E-state index in [1.165, 1.54) is 5.56 Å². The number of rotatable bonds is 4. The summed E-state index contributed by atoms with van der Waals surface area (Å²) in [6.45, 7) is 25.8. The second-order valence-corrected chi connectivity index (χ2v) is 15.9. The second kappa shape index (κ2) is 12.7. The van der Waals surface area contributed by atoms with Crippen LogP contribution in [0, 0.1) is 0 Å². The van der Waals surface area contributed by atoms with E-state index in [0.29, 0.717) is 11.3 Å². The van der Waals surface area contributed by atoms with Crippen molar-refractivity contribution < 1.29 is 29.1 Å². The monoisotopic (exact) mass is 552 g/mol. The molecule has 3 rings (SSSR count). The van der Waals surface area contributed by atoms with Crippen LogP contribution in [0.2, 0.25) is 0 Å². The number of hydrogen-bond donors (Lipinski definition) is 1. The van der Waals surface area contributed by atoms with E-state index in [2.05, 4.69) is 101 Å². The third-order valence-corrected chi connectivity index (χ3v) is 8.11. The van der Waals surface area contributed by atoms with E-state index in [1.807, 2.05) is 12.3 Å². The molecule has 0 radical (unpaired) electrons. The van der Waals surface area contributed by atoms with Gasteiger partial charge in [-0.1, -0.05) is 120 Å². The van der Waals surface area contributed by atoms with E-state index in [4.69, 9.17) is 9.98 Å². The average molecular weight is 553 g/mol. The van der Waals surface area contributed by atoms with Crippen LogP contribution >= 0.6 is 0 Å². The van der Waals surface area contributed by atoms with Gasteiger partial charge in [-0.15, -0.1) is 0 Å². The van der Waals surface area contributed by atoms with Crippen LogP contribution < -0.4 is 24.0 Å². The molecule has 2 aromatic rings. The molecular weight excluding hydrogens is 499 g/mol. The molecule has 1 aliphatic carbocycles. The van der Waals surface area contributed by atoms with Gasteiger partial charge >= 0.3 is 18.9 Å². The Kier molecular flexibility index (Phi) is 10.9. The predicted molar refractivity (Wildman–Crippen MR) is 170 cm³/mol. The molecule has 1 fully saturated rings. The molecule has 4 nitrogen and oxygen atoms in total. The van der Waals surface area contributed by atoms with Crippen molar-refractivity contribution in [3.8, 4) is 11.5 Å². The number of phenolic OH excluding ortho intramolecular Hbond substituents is 1. The molecule has 0 amide bonds. The van der Waals surface area contributed by atoms with Gasteiger partial charge in [-0.05, 0) is 62.8 Å². The van der Waals surface area contributed by atoms with Gasteiger partial charge in [0.25, 0.3) is 0 Å². The predicted octanol–water partition coefficient (Wildman–Crippen LogP) is 5.51. The molecule has 5 heteroatoms. The van der Waals surface area contributed by atoms with Crippen LogP contribution in [-0.4, -0.2) is 29.6 Å². The zero-order valence-corrected chi connectivity index (χ0v) is 28.2. The summed E-state index contributed by atoms with van der Waals surface area (Å²) < 4.78 is 0. The summed E-state index contributed by atoms with van der Waals surface area (Å²) in [6, 6.07) is 8.34. The Hall–Kier alpha value is -2.02. The van der Waals surface area contributed by atoms with E-state index < -0.39 is 0 Å². The van der Waals surface area contributed by atoms with Crippen molar-refractivity contribution in [2.45, 2.75) is 143 Å². The topological polar surface area (TPSA) is 68.0 Å². The second-order valence-electron chi connectivity index (χ2n) is 15.9. The molecule has 0 unspecified atom stereocenters. The fourth-order valence-electron chi connectivity index (χ4n) is 5.29. The summed E-state index contributed by atoms with van der Waals surface area (Å²) in [7, 11) is 0. The van der Waals surface area contributed by atoms with E-state index >= 15 is 0 Å². The minimum Gasteiger partial charge on any atom is -0.872 e. The van der Waals surface area contributed by atoms with Crippen LogP contribution in [-0.2, 0) is 21.7 Å². The largest absolute Gasteiger partial charge is 1.00 e. The van der Waals surface area contributed by atoms with Crippen molar-refractivity contribution in [3.05, 3.63) is 57.6 Å². The van der Waals surface area contributed by atoms with Crippen molar-refractivity contribution in [2.24, 2.45) is 9.98 Å². The van der Waals surface area contributed by atoms with Crippen LogP contribution in [0.3, 0.4) is 0 Å². The number of phenols is 1.